The van der Waals surface area contributed by atoms with Crippen LogP contribution in [-0.4, -0.2) is 39.2 Å². The molecule has 20 heavy (non-hydrogen) atoms. The molecule has 1 aliphatic heterocycles. The van der Waals surface area contributed by atoms with Crippen molar-refractivity contribution in [3.8, 4) is 0 Å². The lowest BCUT2D eigenvalue weighted by molar-refractivity contribution is -0.210. The quantitative estimate of drug-likeness (QED) is 0.753. The van der Waals surface area contributed by atoms with E-state index in [0.717, 1.165) is 0 Å². The highest BCUT2D eigenvalue weighted by Gasteiger charge is 2.73. The number of aliphatic hydroxyl groups is 1. The Morgan fingerprint density at radius 3 is 2.45 bits per heavy atom. The van der Waals surface area contributed by atoms with Gasteiger partial charge < -0.3 is 9.84 Å². The van der Waals surface area contributed by atoms with Crippen LogP contribution in [0, 0.1) is 6.92 Å². The van der Waals surface area contributed by atoms with E-state index >= 15 is 0 Å². The Kier molecular flexibility index (Phi) is 3.25. The summed E-state index contributed by atoms with van der Waals surface area (Å²) >= 11 is 0. The van der Waals surface area contributed by atoms with Crippen molar-refractivity contribution in [3.05, 3.63) is 32.6 Å². The van der Waals surface area contributed by atoms with Crippen molar-refractivity contribution in [2.24, 2.45) is 0 Å². The zero-order valence-electron chi connectivity index (χ0n) is 10.1. The second-order valence-electron chi connectivity index (χ2n) is 4.38. The van der Waals surface area contributed by atoms with Gasteiger partial charge in [-0.2, -0.15) is 17.6 Å². The van der Waals surface area contributed by atoms with Gasteiger partial charge >= 0.3 is 17.5 Å². The summed E-state index contributed by atoms with van der Waals surface area (Å²) in [6.45, 7) is -0.125. The number of ether oxygens (including phenoxy) is 1. The number of nitrogens with zero attached hydrogens (tertiary/aromatic N) is 1. The molecule has 0 radical (unpaired) electrons. The molecule has 2 atom stereocenters. The van der Waals surface area contributed by atoms with E-state index in [1.165, 1.54) is 6.92 Å². The number of aliphatic hydroxyl groups excluding tert-OH is 1. The lowest BCUT2D eigenvalue weighted by atomic mass is 10.1. The van der Waals surface area contributed by atoms with Crippen molar-refractivity contribution in [2.75, 3.05) is 6.61 Å². The number of aromatic amines is 1. The van der Waals surface area contributed by atoms with Crippen LogP contribution in [0.2, 0.25) is 0 Å². The number of aromatic nitrogens is 2. The summed E-state index contributed by atoms with van der Waals surface area (Å²) in [6, 6.07) is 0. The number of nitrogens with one attached hydrogen (secondary N) is 1. The summed E-state index contributed by atoms with van der Waals surface area (Å²) < 4.78 is 58.8. The predicted molar refractivity (Wildman–Crippen MR) is 56.9 cm³/mol. The number of hydrogen-bond acceptors (Lipinski definition) is 4. The van der Waals surface area contributed by atoms with Gasteiger partial charge in [-0.3, -0.25) is 14.3 Å². The van der Waals surface area contributed by atoms with Gasteiger partial charge in [0.15, 0.2) is 6.10 Å². The van der Waals surface area contributed by atoms with Gasteiger partial charge in [0, 0.05) is 11.8 Å². The first-order valence-electron chi connectivity index (χ1n) is 5.47. The fourth-order valence-electron chi connectivity index (χ4n) is 1.86. The zero-order valence-corrected chi connectivity index (χ0v) is 10.1. The molecular weight excluding hydrogens is 288 g/mol. The first-order chi connectivity index (χ1) is 9.12. The number of halogens is 4. The van der Waals surface area contributed by atoms with E-state index in [2.05, 4.69) is 4.74 Å². The van der Waals surface area contributed by atoms with Crippen LogP contribution >= 0.6 is 0 Å². The Bertz CT molecular complexity index is 639. The standard InChI is InChI=1S/C10H10F4N2O4/c1-4-2-16(8(19)15-6(4)18)7-10(13,14)9(11,12)5(3-17)20-7/h2,5,7,17H,3H2,1H3,(H,15,18,19)/t5-,7-/m1/s1. The van der Waals surface area contributed by atoms with Crippen molar-refractivity contribution in [2.45, 2.75) is 31.1 Å². The number of rotatable bonds is 2. The molecule has 2 N–H and O–H groups in total. The molecule has 0 aliphatic carbocycles. The van der Waals surface area contributed by atoms with E-state index in [1.807, 2.05) is 0 Å². The molecule has 6 nitrogen and oxygen atoms in total. The molecule has 0 amide bonds. The van der Waals surface area contributed by atoms with Crippen molar-refractivity contribution >= 4 is 0 Å². The maximum absolute atomic E-state index is 13.7. The van der Waals surface area contributed by atoms with Gasteiger partial charge in [-0.15, -0.1) is 0 Å². The van der Waals surface area contributed by atoms with Crippen molar-refractivity contribution in [3.63, 3.8) is 0 Å². The van der Waals surface area contributed by atoms with Crippen molar-refractivity contribution in [1.82, 2.24) is 9.55 Å². The van der Waals surface area contributed by atoms with Gasteiger partial charge in [-0.25, -0.2) is 4.79 Å². The van der Waals surface area contributed by atoms with Crippen molar-refractivity contribution < 1.29 is 27.4 Å². The fraction of sp³-hybridized carbons (Fsp3) is 0.600. The minimum atomic E-state index is -4.71. The number of hydrogen-bond donors (Lipinski definition) is 2. The molecule has 10 heteroatoms. The lowest BCUT2D eigenvalue weighted by Gasteiger charge is -2.23. The van der Waals surface area contributed by atoms with Crippen LogP contribution in [0.3, 0.4) is 0 Å². The Hall–Kier alpha value is -1.68. The van der Waals surface area contributed by atoms with E-state index in [-0.39, 0.29) is 10.1 Å². The van der Waals surface area contributed by atoms with Gasteiger partial charge in [-0.05, 0) is 6.92 Å². The summed E-state index contributed by atoms with van der Waals surface area (Å²) in [4.78, 5) is 24.3. The smallest absolute Gasteiger partial charge is 0.357 e. The first kappa shape index (κ1) is 14.7. The molecule has 2 rings (SSSR count). The van der Waals surface area contributed by atoms with Crippen molar-refractivity contribution in [1.29, 1.82) is 0 Å². The minimum Gasteiger partial charge on any atom is -0.393 e. The average Bonchev–Trinajstić information content (AvgIpc) is 2.52. The van der Waals surface area contributed by atoms with Crippen LogP contribution in [0.15, 0.2) is 15.8 Å². The summed E-state index contributed by atoms with van der Waals surface area (Å²) in [6.07, 6.45) is -4.35. The molecule has 0 spiro atoms. The highest BCUT2D eigenvalue weighted by molar-refractivity contribution is 5.06. The lowest BCUT2D eigenvalue weighted by Crippen LogP contribution is -2.47. The monoisotopic (exact) mass is 298 g/mol. The molecule has 0 saturated carbocycles. The van der Waals surface area contributed by atoms with E-state index in [0.29, 0.717) is 6.20 Å². The summed E-state index contributed by atoms with van der Waals surface area (Å²) in [5.74, 6) is -9.36. The number of aryl methyl sites for hydroxylation is 1. The first-order valence-corrected chi connectivity index (χ1v) is 5.47. The summed E-state index contributed by atoms with van der Waals surface area (Å²) in [5.41, 5.74) is -2.25. The fourth-order valence-corrected chi connectivity index (χ4v) is 1.86. The molecule has 1 aliphatic rings. The molecule has 1 aromatic heterocycles. The Morgan fingerprint density at radius 1 is 1.35 bits per heavy atom. The predicted octanol–water partition coefficient (Wildman–Crippen LogP) is 0.00532. The topological polar surface area (TPSA) is 84.3 Å². The molecule has 1 aromatic rings. The van der Waals surface area contributed by atoms with E-state index in [4.69, 9.17) is 5.11 Å². The zero-order chi connectivity index (χ0) is 15.3. The molecule has 0 aromatic carbocycles. The Labute approximate surface area is 108 Å². The highest BCUT2D eigenvalue weighted by atomic mass is 19.3. The second-order valence-corrected chi connectivity index (χ2v) is 4.38. The Morgan fingerprint density at radius 2 is 1.95 bits per heavy atom. The maximum atomic E-state index is 13.7. The minimum absolute atomic E-state index is 0.125. The molecule has 0 bridgehead atoms. The maximum Gasteiger partial charge on any atom is 0.357 e. The Balaban J connectivity index is 2.57. The number of H-pyrrole nitrogens is 1. The summed E-state index contributed by atoms with van der Waals surface area (Å²) in [5, 5.41) is 8.68. The van der Waals surface area contributed by atoms with Crippen LogP contribution in [0.4, 0.5) is 17.6 Å². The molecule has 1 fully saturated rings. The van der Waals surface area contributed by atoms with Crippen LogP contribution in [0.5, 0.6) is 0 Å². The van der Waals surface area contributed by atoms with E-state index in [1.54, 1.807) is 4.98 Å². The third kappa shape index (κ3) is 1.86. The van der Waals surface area contributed by atoms with Crippen LogP contribution in [0.1, 0.15) is 11.8 Å². The highest BCUT2D eigenvalue weighted by Crippen LogP contribution is 2.52. The normalized spacial score (nSPS) is 27.7. The summed E-state index contributed by atoms with van der Waals surface area (Å²) in [7, 11) is 0. The average molecular weight is 298 g/mol. The van der Waals surface area contributed by atoms with E-state index in [9.17, 15) is 27.2 Å². The molecule has 0 unspecified atom stereocenters. The third-order valence-electron chi connectivity index (χ3n) is 3.02. The van der Waals surface area contributed by atoms with Crippen LogP contribution in [-0.2, 0) is 4.74 Å². The van der Waals surface area contributed by atoms with Gasteiger partial charge in [0.05, 0.1) is 6.61 Å². The third-order valence-corrected chi connectivity index (χ3v) is 3.02. The largest absolute Gasteiger partial charge is 0.393 e. The van der Waals surface area contributed by atoms with E-state index < -0.39 is 42.0 Å². The molecule has 1 saturated heterocycles. The van der Waals surface area contributed by atoms with Gasteiger partial charge in [0.2, 0.25) is 6.23 Å². The number of alkyl halides is 4. The molecular formula is C10H10F4N2O4. The molecule has 112 valence electrons. The SMILES string of the molecule is Cc1cn([C@@H]2O[C@H](CO)C(F)(F)C2(F)F)c(=O)[nH]c1=O. The second kappa shape index (κ2) is 4.42. The van der Waals surface area contributed by atoms with Crippen LogP contribution < -0.4 is 11.2 Å². The van der Waals surface area contributed by atoms with Gasteiger partial charge in [-0.1, -0.05) is 0 Å². The van der Waals surface area contributed by atoms with Crippen LogP contribution in [0.25, 0.3) is 0 Å². The molecule has 2 heterocycles. The van der Waals surface area contributed by atoms with Gasteiger partial charge in [0.25, 0.3) is 5.56 Å². The van der Waals surface area contributed by atoms with Gasteiger partial charge in [0.1, 0.15) is 0 Å².